The molecule has 5 atom stereocenters. The third-order valence-electron chi connectivity index (χ3n) is 6.24. The zero-order chi connectivity index (χ0) is 21.4. The van der Waals surface area contributed by atoms with Gasteiger partial charge in [-0.1, -0.05) is 54.2 Å². The lowest BCUT2D eigenvalue weighted by Crippen LogP contribution is -2.20. The number of anilines is 1. The molecule has 2 heterocycles. The summed E-state index contributed by atoms with van der Waals surface area (Å²) in [6, 6.07) is 10.6. The van der Waals surface area contributed by atoms with Crippen LogP contribution in [0.25, 0.3) is 11.2 Å². The van der Waals surface area contributed by atoms with Gasteiger partial charge in [-0.05, 0) is 37.2 Å². The molecule has 9 heteroatoms. The molecule has 5 rings (SSSR count). The molecule has 3 aromatic rings. The van der Waals surface area contributed by atoms with E-state index in [1.54, 1.807) is 16.4 Å². The molecule has 2 aliphatic carbocycles. The average molecular weight is 441 g/mol. The highest BCUT2D eigenvalue weighted by Gasteiger charge is 2.40. The Morgan fingerprint density at radius 1 is 1.16 bits per heavy atom. The maximum Gasteiger partial charge on any atom is 0.191 e. The fourth-order valence-electron chi connectivity index (χ4n) is 4.50. The first-order valence-electron chi connectivity index (χ1n) is 11.0. The summed E-state index contributed by atoms with van der Waals surface area (Å²) in [6.07, 6.45) is 2.76. The molecule has 2 aromatic heterocycles. The van der Waals surface area contributed by atoms with Gasteiger partial charge in [-0.15, -0.1) is 5.10 Å². The van der Waals surface area contributed by atoms with E-state index in [1.807, 2.05) is 6.07 Å². The molecule has 2 aliphatic rings. The molecule has 0 saturated heterocycles. The number of aromatic nitrogens is 5. The zero-order valence-corrected chi connectivity index (χ0v) is 18.4. The Bertz CT molecular complexity index is 1050. The Kier molecular flexibility index (Phi) is 5.81. The Labute approximate surface area is 185 Å². The topological polar surface area (TPSA) is 109 Å². The summed E-state index contributed by atoms with van der Waals surface area (Å²) in [7, 11) is 0. The third-order valence-corrected chi connectivity index (χ3v) is 7.30. The van der Waals surface area contributed by atoms with Crippen LogP contribution in [0.3, 0.4) is 0 Å². The van der Waals surface area contributed by atoms with Crippen LogP contribution in [0.5, 0.6) is 0 Å². The van der Waals surface area contributed by atoms with Crippen molar-refractivity contribution in [3.8, 4) is 0 Å². The van der Waals surface area contributed by atoms with E-state index in [4.69, 9.17) is 9.97 Å². The molecule has 1 aromatic carbocycles. The highest BCUT2D eigenvalue weighted by atomic mass is 32.2. The van der Waals surface area contributed by atoms with Crippen LogP contribution >= 0.6 is 11.8 Å². The van der Waals surface area contributed by atoms with Crippen molar-refractivity contribution in [3.63, 3.8) is 0 Å². The summed E-state index contributed by atoms with van der Waals surface area (Å²) < 4.78 is 1.74. The van der Waals surface area contributed by atoms with Gasteiger partial charge in [0.15, 0.2) is 22.1 Å². The van der Waals surface area contributed by atoms with Crippen molar-refractivity contribution in [2.75, 3.05) is 17.7 Å². The quantitative estimate of drug-likeness (QED) is 0.362. The molecule has 2 fully saturated rings. The van der Waals surface area contributed by atoms with Crippen LogP contribution in [0.1, 0.15) is 50.1 Å². The summed E-state index contributed by atoms with van der Waals surface area (Å²) in [5.74, 6) is 2.19. The van der Waals surface area contributed by atoms with Gasteiger partial charge < -0.3 is 15.5 Å². The Balaban J connectivity index is 1.45. The lowest BCUT2D eigenvalue weighted by atomic mass is 10.1. The Morgan fingerprint density at radius 2 is 2.00 bits per heavy atom. The second-order valence-electron chi connectivity index (χ2n) is 8.57. The van der Waals surface area contributed by atoms with Crippen molar-refractivity contribution in [2.24, 2.45) is 5.92 Å². The Hall–Kier alpha value is -2.23. The molecule has 0 bridgehead atoms. The van der Waals surface area contributed by atoms with Crippen molar-refractivity contribution in [3.05, 3.63) is 35.9 Å². The van der Waals surface area contributed by atoms with Gasteiger partial charge in [0.05, 0.1) is 12.1 Å². The minimum atomic E-state index is -0.564. The lowest BCUT2D eigenvalue weighted by molar-refractivity contribution is 0.127. The van der Waals surface area contributed by atoms with Crippen molar-refractivity contribution in [1.82, 2.24) is 25.0 Å². The van der Waals surface area contributed by atoms with Crippen molar-refractivity contribution >= 4 is 28.7 Å². The Morgan fingerprint density at radius 3 is 2.74 bits per heavy atom. The van der Waals surface area contributed by atoms with Gasteiger partial charge in [-0.3, -0.25) is 0 Å². The van der Waals surface area contributed by atoms with E-state index in [2.05, 4.69) is 46.8 Å². The molecule has 0 spiro atoms. The van der Waals surface area contributed by atoms with E-state index in [0.717, 1.165) is 18.6 Å². The highest BCUT2D eigenvalue weighted by molar-refractivity contribution is 7.99. The summed E-state index contributed by atoms with van der Waals surface area (Å²) in [6.45, 7) is 2.21. The van der Waals surface area contributed by atoms with E-state index in [9.17, 15) is 10.2 Å². The van der Waals surface area contributed by atoms with E-state index < -0.39 is 6.10 Å². The fourth-order valence-corrected chi connectivity index (χ4v) is 5.19. The van der Waals surface area contributed by atoms with Crippen LogP contribution in [-0.4, -0.2) is 59.7 Å². The molecule has 3 N–H and O–H groups in total. The van der Waals surface area contributed by atoms with E-state index >= 15 is 0 Å². The van der Waals surface area contributed by atoms with Gasteiger partial charge in [0.25, 0.3) is 0 Å². The number of thioether (sulfide) groups is 1. The minimum Gasteiger partial charge on any atom is -0.396 e. The predicted octanol–water partition coefficient (Wildman–Crippen LogP) is 3.00. The van der Waals surface area contributed by atoms with Crippen LogP contribution in [0.15, 0.2) is 35.5 Å². The van der Waals surface area contributed by atoms with Crippen LogP contribution in [0.2, 0.25) is 0 Å². The smallest absolute Gasteiger partial charge is 0.191 e. The zero-order valence-electron chi connectivity index (χ0n) is 17.6. The highest BCUT2D eigenvalue weighted by Crippen LogP contribution is 2.43. The second kappa shape index (κ2) is 8.72. The monoisotopic (exact) mass is 440 g/mol. The molecular formula is C22H28N6O2S. The first-order chi connectivity index (χ1) is 15.2. The van der Waals surface area contributed by atoms with Crippen LogP contribution in [-0.2, 0) is 0 Å². The normalized spacial score (nSPS) is 27.6. The van der Waals surface area contributed by atoms with Crippen molar-refractivity contribution in [2.45, 2.75) is 61.9 Å². The van der Waals surface area contributed by atoms with Gasteiger partial charge in [0, 0.05) is 24.3 Å². The number of aliphatic hydroxyl groups is 2. The molecule has 0 amide bonds. The van der Waals surface area contributed by atoms with E-state index in [0.29, 0.717) is 46.9 Å². The predicted molar refractivity (Wildman–Crippen MR) is 120 cm³/mol. The van der Waals surface area contributed by atoms with E-state index in [-0.39, 0.29) is 18.6 Å². The first kappa shape index (κ1) is 20.7. The van der Waals surface area contributed by atoms with Crippen LogP contribution in [0, 0.1) is 5.92 Å². The second-order valence-corrected chi connectivity index (χ2v) is 9.63. The van der Waals surface area contributed by atoms with Gasteiger partial charge >= 0.3 is 0 Å². The van der Waals surface area contributed by atoms with Gasteiger partial charge in [0.1, 0.15) is 0 Å². The number of nitrogens with one attached hydrogen (secondary N) is 1. The SMILES string of the molecule is CCCSc1nc(NC2CC2c2ccccc2)c2nnn(C3CC(CO)CC3O)c2n1. The molecule has 5 unspecified atom stereocenters. The molecule has 164 valence electrons. The first-order valence-corrected chi connectivity index (χ1v) is 12.0. The molecule has 31 heavy (non-hydrogen) atoms. The molecule has 2 saturated carbocycles. The van der Waals surface area contributed by atoms with Crippen molar-refractivity contribution in [1.29, 1.82) is 0 Å². The number of fused-ring (bicyclic) bond motifs is 1. The number of benzene rings is 1. The van der Waals surface area contributed by atoms with Gasteiger partial charge in [-0.25, -0.2) is 14.6 Å². The minimum absolute atomic E-state index is 0.0716. The summed E-state index contributed by atoms with van der Waals surface area (Å²) >= 11 is 1.62. The molecular weight excluding hydrogens is 412 g/mol. The van der Waals surface area contributed by atoms with E-state index in [1.165, 1.54) is 5.56 Å². The number of rotatable bonds is 8. The molecule has 0 radical (unpaired) electrons. The molecule has 8 nitrogen and oxygen atoms in total. The third kappa shape index (κ3) is 4.14. The summed E-state index contributed by atoms with van der Waals surface area (Å²) in [5, 5.41) is 33.1. The number of hydrogen-bond acceptors (Lipinski definition) is 8. The fraction of sp³-hybridized carbons (Fsp3) is 0.545. The van der Waals surface area contributed by atoms with Crippen LogP contribution in [0.4, 0.5) is 5.82 Å². The average Bonchev–Trinajstić information content (AvgIpc) is 3.26. The maximum atomic E-state index is 10.6. The summed E-state index contributed by atoms with van der Waals surface area (Å²) in [4.78, 5) is 9.50. The maximum absolute atomic E-state index is 10.6. The summed E-state index contributed by atoms with van der Waals surface area (Å²) in [5.41, 5.74) is 2.62. The molecule has 0 aliphatic heterocycles. The van der Waals surface area contributed by atoms with Gasteiger partial charge in [-0.2, -0.15) is 0 Å². The largest absolute Gasteiger partial charge is 0.396 e. The van der Waals surface area contributed by atoms with Crippen LogP contribution < -0.4 is 5.32 Å². The number of hydrogen-bond donors (Lipinski definition) is 3. The lowest BCUT2D eigenvalue weighted by Gasteiger charge is -2.15. The van der Waals surface area contributed by atoms with Crippen molar-refractivity contribution < 1.29 is 10.2 Å². The van der Waals surface area contributed by atoms with Gasteiger partial charge in [0.2, 0.25) is 0 Å². The number of nitrogens with zero attached hydrogens (tertiary/aromatic N) is 5. The number of aliphatic hydroxyl groups excluding tert-OH is 2. The standard InChI is InChI=1S/C22H28N6O2S/c1-2-8-31-22-24-20(23-16-11-15(16)14-6-4-3-5-7-14)19-21(25-22)28(27-26-19)17-9-13(12-29)10-18(17)30/h3-7,13,15-18,29-30H,2,8-12H2,1H3,(H,23,24,25).